The number of amides is 2. The summed E-state index contributed by atoms with van der Waals surface area (Å²) in [5, 5.41) is 15.5. The summed E-state index contributed by atoms with van der Waals surface area (Å²) < 4.78 is 43.5. The van der Waals surface area contributed by atoms with Crippen LogP contribution in [0, 0.1) is 0 Å². The van der Waals surface area contributed by atoms with Crippen LogP contribution < -0.4 is 15.4 Å². The standard InChI is InChI=1S/C20H12Cl3F3N2O4S/c21-11-4-10(8-27-19(31)15-2-1-3-33-15)17(32-20(24,25)26)14(7-11)28-18(30)9-5-12(22)16(29)13(23)6-9/h1-7,29H,8H2,(H,27,31)(H,28,30). The molecule has 0 aliphatic heterocycles. The second-order valence-corrected chi connectivity index (χ2v) is 8.59. The van der Waals surface area contributed by atoms with E-state index in [2.05, 4.69) is 15.4 Å². The maximum Gasteiger partial charge on any atom is 0.573 e. The lowest BCUT2D eigenvalue weighted by molar-refractivity contribution is -0.274. The zero-order valence-electron chi connectivity index (χ0n) is 16.1. The molecule has 3 aromatic rings. The number of ether oxygens (including phenoxy) is 1. The van der Waals surface area contributed by atoms with E-state index >= 15 is 0 Å². The highest BCUT2D eigenvalue weighted by Crippen LogP contribution is 2.38. The predicted molar refractivity (Wildman–Crippen MR) is 120 cm³/mol. The summed E-state index contributed by atoms with van der Waals surface area (Å²) in [6.45, 7) is -0.373. The normalized spacial score (nSPS) is 11.2. The number of anilines is 1. The Balaban J connectivity index is 1.94. The Kier molecular flexibility index (Phi) is 7.63. The zero-order valence-corrected chi connectivity index (χ0v) is 19.2. The molecule has 0 spiro atoms. The number of nitrogens with one attached hydrogen (secondary N) is 2. The van der Waals surface area contributed by atoms with Gasteiger partial charge in [0.1, 0.15) is 0 Å². The van der Waals surface area contributed by atoms with Gasteiger partial charge in [0.2, 0.25) is 0 Å². The fourth-order valence-corrected chi connectivity index (χ4v) is 4.04. The summed E-state index contributed by atoms with van der Waals surface area (Å²) in [5.41, 5.74) is -0.694. The quantitative estimate of drug-likeness (QED) is 0.334. The van der Waals surface area contributed by atoms with Crippen LogP contribution in [0.5, 0.6) is 11.5 Å². The predicted octanol–water partition coefficient (Wildman–Crippen LogP) is 6.49. The van der Waals surface area contributed by atoms with E-state index in [-0.39, 0.29) is 32.7 Å². The first-order valence-electron chi connectivity index (χ1n) is 8.84. The smallest absolute Gasteiger partial charge is 0.505 e. The molecule has 0 bridgehead atoms. The Morgan fingerprint density at radius 1 is 1.06 bits per heavy atom. The Bertz CT molecular complexity index is 1180. The van der Waals surface area contributed by atoms with E-state index in [9.17, 15) is 27.9 Å². The van der Waals surface area contributed by atoms with Crippen molar-refractivity contribution in [2.45, 2.75) is 12.9 Å². The molecule has 2 amide bonds. The van der Waals surface area contributed by atoms with Gasteiger partial charge in [-0.2, -0.15) is 0 Å². The second-order valence-electron chi connectivity index (χ2n) is 6.39. The van der Waals surface area contributed by atoms with Crippen LogP contribution in [0.2, 0.25) is 15.1 Å². The van der Waals surface area contributed by atoms with Crippen LogP contribution in [0.15, 0.2) is 41.8 Å². The van der Waals surface area contributed by atoms with Gasteiger partial charge in [-0.25, -0.2) is 0 Å². The molecule has 0 radical (unpaired) electrons. The van der Waals surface area contributed by atoms with Gasteiger partial charge in [-0.05, 0) is 35.7 Å². The summed E-state index contributed by atoms with van der Waals surface area (Å²) in [6.07, 6.45) is -5.11. The van der Waals surface area contributed by atoms with Gasteiger partial charge in [-0.1, -0.05) is 40.9 Å². The number of hydrogen-bond acceptors (Lipinski definition) is 5. The number of carbonyl (C=O) groups is 2. The van der Waals surface area contributed by atoms with Crippen molar-refractivity contribution >= 4 is 63.6 Å². The third-order valence-corrected chi connectivity index (χ3v) is 5.72. The van der Waals surface area contributed by atoms with Crippen molar-refractivity contribution in [3.8, 4) is 11.5 Å². The Hall–Kier alpha value is -2.66. The lowest BCUT2D eigenvalue weighted by Gasteiger charge is -2.19. The highest BCUT2D eigenvalue weighted by atomic mass is 35.5. The van der Waals surface area contributed by atoms with Crippen molar-refractivity contribution in [1.82, 2.24) is 5.32 Å². The molecular formula is C20H12Cl3F3N2O4S. The summed E-state index contributed by atoms with van der Waals surface area (Å²) >= 11 is 18.8. The minimum absolute atomic E-state index is 0.0260. The fourth-order valence-electron chi connectivity index (χ4n) is 2.67. The first-order valence-corrected chi connectivity index (χ1v) is 10.8. The largest absolute Gasteiger partial charge is 0.573 e. The summed E-state index contributed by atoms with van der Waals surface area (Å²) in [6, 6.07) is 7.57. The molecule has 1 heterocycles. The Labute approximate surface area is 203 Å². The third kappa shape index (κ3) is 6.44. The molecule has 33 heavy (non-hydrogen) atoms. The van der Waals surface area contributed by atoms with Crippen molar-refractivity contribution in [1.29, 1.82) is 0 Å². The highest BCUT2D eigenvalue weighted by Gasteiger charge is 2.34. The molecule has 0 saturated carbocycles. The summed E-state index contributed by atoms with van der Waals surface area (Å²) in [7, 11) is 0. The van der Waals surface area contributed by atoms with Crippen LogP contribution in [0.3, 0.4) is 0 Å². The number of aromatic hydroxyl groups is 1. The van der Waals surface area contributed by atoms with Crippen LogP contribution in [-0.4, -0.2) is 23.3 Å². The van der Waals surface area contributed by atoms with Crippen molar-refractivity contribution in [3.63, 3.8) is 0 Å². The average Bonchev–Trinajstić information content (AvgIpc) is 3.26. The maximum absolute atomic E-state index is 13.1. The molecule has 1 aromatic heterocycles. The lowest BCUT2D eigenvalue weighted by atomic mass is 10.1. The highest BCUT2D eigenvalue weighted by molar-refractivity contribution is 7.12. The Morgan fingerprint density at radius 2 is 1.73 bits per heavy atom. The van der Waals surface area contributed by atoms with Gasteiger partial charge in [0.25, 0.3) is 11.8 Å². The van der Waals surface area contributed by atoms with E-state index in [1.807, 2.05) is 0 Å². The number of alkyl halides is 3. The third-order valence-electron chi connectivity index (χ3n) is 4.06. The zero-order chi connectivity index (χ0) is 24.3. The van der Waals surface area contributed by atoms with Crippen LogP contribution in [-0.2, 0) is 6.54 Å². The van der Waals surface area contributed by atoms with Gasteiger partial charge in [0, 0.05) is 22.7 Å². The number of phenols is 1. The van der Waals surface area contributed by atoms with Gasteiger partial charge in [-0.15, -0.1) is 24.5 Å². The van der Waals surface area contributed by atoms with Crippen LogP contribution in [0.4, 0.5) is 18.9 Å². The van der Waals surface area contributed by atoms with Gasteiger partial charge in [-0.3, -0.25) is 9.59 Å². The van der Waals surface area contributed by atoms with Gasteiger partial charge in [0.15, 0.2) is 11.5 Å². The second kappa shape index (κ2) is 10.1. The maximum atomic E-state index is 13.1. The average molecular weight is 540 g/mol. The number of halogens is 6. The molecule has 0 unspecified atom stereocenters. The van der Waals surface area contributed by atoms with Gasteiger partial charge < -0.3 is 20.5 Å². The monoisotopic (exact) mass is 538 g/mol. The minimum Gasteiger partial charge on any atom is -0.505 e. The van der Waals surface area contributed by atoms with Crippen LogP contribution in [0.25, 0.3) is 0 Å². The molecule has 3 rings (SSSR count). The number of phenolic OH excluding ortho intramolecular Hbond substituents is 1. The molecule has 6 nitrogen and oxygen atoms in total. The molecule has 0 atom stereocenters. The molecule has 0 saturated heterocycles. The number of benzene rings is 2. The molecular weight excluding hydrogens is 528 g/mol. The van der Waals surface area contributed by atoms with Crippen molar-refractivity contribution in [2.75, 3.05) is 5.32 Å². The summed E-state index contributed by atoms with van der Waals surface area (Å²) in [5.74, 6) is -2.63. The fraction of sp³-hybridized carbons (Fsp3) is 0.100. The van der Waals surface area contributed by atoms with Gasteiger partial charge in [0.05, 0.1) is 20.6 Å². The Morgan fingerprint density at radius 3 is 2.30 bits per heavy atom. The molecule has 0 aliphatic carbocycles. The molecule has 2 aromatic carbocycles. The van der Waals surface area contributed by atoms with Crippen LogP contribution in [0.1, 0.15) is 25.6 Å². The number of carbonyl (C=O) groups excluding carboxylic acids is 2. The summed E-state index contributed by atoms with van der Waals surface area (Å²) in [4.78, 5) is 25.2. The number of thiophene rings is 1. The SMILES string of the molecule is O=C(Nc1cc(Cl)cc(CNC(=O)c2cccs2)c1OC(F)(F)F)c1cc(Cl)c(O)c(Cl)c1. The molecule has 0 fully saturated rings. The van der Waals surface area contributed by atoms with Crippen LogP contribution >= 0.6 is 46.1 Å². The van der Waals surface area contributed by atoms with Crippen molar-refractivity contribution < 1.29 is 32.6 Å². The van der Waals surface area contributed by atoms with E-state index in [1.54, 1.807) is 17.5 Å². The number of rotatable bonds is 6. The van der Waals surface area contributed by atoms with E-state index < -0.39 is 35.4 Å². The van der Waals surface area contributed by atoms with E-state index in [4.69, 9.17) is 34.8 Å². The van der Waals surface area contributed by atoms with Gasteiger partial charge >= 0.3 is 6.36 Å². The van der Waals surface area contributed by atoms with Crippen molar-refractivity contribution in [3.05, 3.63) is 72.9 Å². The first kappa shape index (κ1) is 25.0. The molecule has 174 valence electrons. The lowest BCUT2D eigenvalue weighted by Crippen LogP contribution is -2.25. The van der Waals surface area contributed by atoms with E-state index in [0.717, 1.165) is 29.5 Å². The molecule has 0 aliphatic rings. The van der Waals surface area contributed by atoms with E-state index in [0.29, 0.717) is 4.88 Å². The topological polar surface area (TPSA) is 87.7 Å². The van der Waals surface area contributed by atoms with E-state index in [1.165, 1.54) is 6.07 Å². The molecule has 13 heteroatoms. The van der Waals surface area contributed by atoms with Crippen molar-refractivity contribution in [2.24, 2.45) is 0 Å². The number of hydrogen-bond donors (Lipinski definition) is 3. The minimum atomic E-state index is -5.11. The first-order chi connectivity index (χ1) is 15.4. The molecule has 3 N–H and O–H groups in total.